The molecular weight excluding hydrogens is 220 g/mol. The molecule has 0 aromatic carbocycles. The van der Waals surface area contributed by atoms with E-state index < -0.39 is 0 Å². The van der Waals surface area contributed by atoms with Crippen LogP contribution in [0.1, 0.15) is 34.1 Å². The van der Waals surface area contributed by atoms with Crippen molar-refractivity contribution in [2.24, 2.45) is 5.92 Å². The Morgan fingerprint density at radius 1 is 1.56 bits per heavy atom. The Bertz CT molecular complexity index is 240. The van der Waals surface area contributed by atoms with E-state index in [1.54, 1.807) is 5.54 Å². The van der Waals surface area contributed by atoms with Gasteiger partial charge in [-0.1, -0.05) is 38.4 Å². The Morgan fingerprint density at radius 3 is 2.75 bits per heavy atom. The van der Waals surface area contributed by atoms with Gasteiger partial charge in [0.1, 0.15) is 0 Å². The van der Waals surface area contributed by atoms with Crippen molar-refractivity contribution >= 4 is 11.6 Å². The minimum atomic E-state index is 0.255. The number of rotatable bonds is 4. The van der Waals surface area contributed by atoms with Crippen LogP contribution in [0.25, 0.3) is 0 Å². The standard InChI is InChI=1S/C13H25ClN2/c1-5-13(4)10-16(8-6-7-14)12(9-15-13)11(2)3/h6-7,11-12,15H,5,8-10H2,1-4H3/b7-6+. The third-order valence-corrected chi connectivity index (χ3v) is 3.92. The summed E-state index contributed by atoms with van der Waals surface area (Å²) in [7, 11) is 0. The minimum Gasteiger partial charge on any atom is -0.309 e. The lowest BCUT2D eigenvalue weighted by atomic mass is 9.90. The van der Waals surface area contributed by atoms with Gasteiger partial charge in [0.05, 0.1) is 0 Å². The summed E-state index contributed by atoms with van der Waals surface area (Å²) in [6.07, 6.45) is 3.21. The highest BCUT2D eigenvalue weighted by Crippen LogP contribution is 2.22. The topological polar surface area (TPSA) is 15.3 Å². The van der Waals surface area contributed by atoms with Crippen molar-refractivity contribution in [3.63, 3.8) is 0 Å². The van der Waals surface area contributed by atoms with Gasteiger partial charge in [-0.3, -0.25) is 4.90 Å². The molecule has 2 nitrogen and oxygen atoms in total. The largest absolute Gasteiger partial charge is 0.309 e. The molecule has 2 atom stereocenters. The maximum Gasteiger partial charge on any atom is 0.0278 e. The SMILES string of the molecule is CCC1(C)CN(C/C=C/Cl)C(C(C)C)CN1. The maximum atomic E-state index is 5.63. The molecule has 0 aliphatic carbocycles. The van der Waals surface area contributed by atoms with E-state index in [9.17, 15) is 0 Å². The van der Waals surface area contributed by atoms with Crippen molar-refractivity contribution in [3.05, 3.63) is 11.6 Å². The van der Waals surface area contributed by atoms with Crippen LogP contribution in [-0.4, -0.2) is 36.1 Å². The summed E-state index contributed by atoms with van der Waals surface area (Å²) >= 11 is 5.63. The van der Waals surface area contributed by atoms with Gasteiger partial charge in [0.15, 0.2) is 0 Å². The van der Waals surface area contributed by atoms with Gasteiger partial charge in [0, 0.05) is 36.8 Å². The monoisotopic (exact) mass is 244 g/mol. The van der Waals surface area contributed by atoms with Crippen molar-refractivity contribution < 1.29 is 0 Å². The lowest BCUT2D eigenvalue weighted by molar-refractivity contribution is 0.0708. The molecule has 0 saturated carbocycles. The fraction of sp³-hybridized carbons (Fsp3) is 0.846. The summed E-state index contributed by atoms with van der Waals surface area (Å²) in [4.78, 5) is 2.55. The zero-order valence-corrected chi connectivity index (χ0v) is 11.7. The highest BCUT2D eigenvalue weighted by Gasteiger charge is 2.34. The lowest BCUT2D eigenvalue weighted by Gasteiger charge is -2.47. The predicted molar refractivity (Wildman–Crippen MR) is 71.9 cm³/mol. The fourth-order valence-electron chi connectivity index (χ4n) is 2.37. The molecular formula is C13H25ClN2. The number of nitrogens with one attached hydrogen (secondary N) is 1. The molecule has 0 amide bonds. The number of piperazine rings is 1. The molecule has 3 heteroatoms. The Kier molecular flexibility index (Phi) is 5.29. The first-order chi connectivity index (χ1) is 7.52. The highest BCUT2D eigenvalue weighted by molar-refractivity contribution is 6.25. The summed E-state index contributed by atoms with van der Waals surface area (Å²) in [5, 5.41) is 3.68. The number of nitrogens with zero attached hydrogens (tertiary/aromatic N) is 1. The van der Waals surface area contributed by atoms with Gasteiger partial charge in [0.2, 0.25) is 0 Å². The lowest BCUT2D eigenvalue weighted by Crippen LogP contribution is -2.63. The molecule has 1 aliphatic heterocycles. The molecule has 1 aliphatic rings. The van der Waals surface area contributed by atoms with Crippen LogP contribution in [0.2, 0.25) is 0 Å². The van der Waals surface area contributed by atoms with Crippen molar-refractivity contribution in [2.75, 3.05) is 19.6 Å². The van der Waals surface area contributed by atoms with Crippen molar-refractivity contribution in [1.29, 1.82) is 0 Å². The molecule has 0 spiro atoms. The van der Waals surface area contributed by atoms with Crippen LogP contribution < -0.4 is 5.32 Å². The smallest absolute Gasteiger partial charge is 0.0278 e. The number of hydrogen-bond acceptors (Lipinski definition) is 2. The average Bonchev–Trinajstić information content (AvgIpc) is 2.26. The summed E-state index contributed by atoms with van der Waals surface area (Å²) in [6.45, 7) is 12.3. The van der Waals surface area contributed by atoms with E-state index in [4.69, 9.17) is 11.6 Å². The molecule has 1 N–H and O–H groups in total. The van der Waals surface area contributed by atoms with Gasteiger partial charge in [-0.05, 0) is 19.3 Å². The van der Waals surface area contributed by atoms with Gasteiger partial charge in [-0.15, -0.1) is 0 Å². The molecule has 0 bridgehead atoms. The second-order valence-corrected chi connectivity index (χ2v) is 5.65. The van der Waals surface area contributed by atoms with Crippen molar-refractivity contribution in [2.45, 2.75) is 45.7 Å². The molecule has 1 saturated heterocycles. The van der Waals surface area contributed by atoms with Gasteiger partial charge in [0.25, 0.3) is 0 Å². The molecule has 2 unspecified atom stereocenters. The molecule has 1 fully saturated rings. The highest BCUT2D eigenvalue weighted by atomic mass is 35.5. The minimum absolute atomic E-state index is 0.255. The van der Waals surface area contributed by atoms with E-state index in [-0.39, 0.29) is 5.54 Å². The Morgan fingerprint density at radius 2 is 2.25 bits per heavy atom. The first-order valence-corrected chi connectivity index (χ1v) is 6.70. The Balaban J connectivity index is 2.69. The van der Waals surface area contributed by atoms with E-state index in [0.717, 1.165) is 19.6 Å². The summed E-state index contributed by atoms with van der Waals surface area (Å²) in [5.41, 5.74) is 1.88. The Labute approximate surface area is 105 Å². The second kappa shape index (κ2) is 6.04. The molecule has 0 aromatic rings. The zero-order chi connectivity index (χ0) is 12.2. The summed E-state index contributed by atoms with van der Waals surface area (Å²) < 4.78 is 0. The second-order valence-electron chi connectivity index (χ2n) is 5.40. The summed E-state index contributed by atoms with van der Waals surface area (Å²) in [5.74, 6) is 0.678. The van der Waals surface area contributed by atoms with Gasteiger partial charge >= 0.3 is 0 Å². The molecule has 0 radical (unpaired) electrons. The van der Waals surface area contributed by atoms with Crippen LogP contribution in [0, 0.1) is 5.92 Å². The third-order valence-electron chi connectivity index (χ3n) is 3.74. The van der Waals surface area contributed by atoms with Crippen LogP contribution >= 0.6 is 11.6 Å². The van der Waals surface area contributed by atoms with Gasteiger partial charge in [-0.25, -0.2) is 0 Å². The number of hydrogen-bond donors (Lipinski definition) is 1. The van der Waals surface area contributed by atoms with Crippen molar-refractivity contribution in [3.8, 4) is 0 Å². The van der Waals surface area contributed by atoms with E-state index in [0.29, 0.717) is 12.0 Å². The van der Waals surface area contributed by atoms with E-state index in [2.05, 4.69) is 37.9 Å². The van der Waals surface area contributed by atoms with E-state index in [1.807, 2.05) is 6.08 Å². The van der Waals surface area contributed by atoms with E-state index in [1.165, 1.54) is 6.42 Å². The molecule has 16 heavy (non-hydrogen) atoms. The molecule has 0 aromatic heterocycles. The third kappa shape index (κ3) is 3.47. The van der Waals surface area contributed by atoms with Crippen LogP contribution in [-0.2, 0) is 0 Å². The first kappa shape index (κ1) is 14.0. The molecule has 1 heterocycles. The zero-order valence-electron chi connectivity index (χ0n) is 11.0. The van der Waals surface area contributed by atoms with Crippen LogP contribution in [0.15, 0.2) is 11.6 Å². The number of halogens is 1. The molecule has 94 valence electrons. The maximum absolute atomic E-state index is 5.63. The van der Waals surface area contributed by atoms with Crippen LogP contribution in [0.5, 0.6) is 0 Å². The van der Waals surface area contributed by atoms with Crippen LogP contribution in [0.3, 0.4) is 0 Å². The average molecular weight is 245 g/mol. The fourth-order valence-corrected chi connectivity index (χ4v) is 2.45. The van der Waals surface area contributed by atoms with Gasteiger partial charge in [-0.2, -0.15) is 0 Å². The molecule has 1 rings (SSSR count). The van der Waals surface area contributed by atoms with Gasteiger partial charge < -0.3 is 5.32 Å². The summed E-state index contributed by atoms with van der Waals surface area (Å²) in [6, 6.07) is 0.618. The van der Waals surface area contributed by atoms with Crippen LogP contribution in [0.4, 0.5) is 0 Å². The van der Waals surface area contributed by atoms with E-state index >= 15 is 0 Å². The first-order valence-electron chi connectivity index (χ1n) is 6.26. The normalized spacial score (nSPS) is 32.8. The Hall–Kier alpha value is -0.0500. The predicted octanol–water partition coefficient (Wildman–Crippen LogP) is 2.84. The van der Waals surface area contributed by atoms with Crippen molar-refractivity contribution in [1.82, 2.24) is 10.2 Å². The quantitative estimate of drug-likeness (QED) is 0.818.